The van der Waals surface area contributed by atoms with Crippen molar-refractivity contribution in [2.75, 3.05) is 23.3 Å². The first-order chi connectivity index (χ1) is 14.8. The van der Waals surface area contributed by atoms with Gasteiger partial charge >= 0.3 is 0 Å². The standard InChI is InChI=1S/C22H25F2N7/c1-12-9-31(10-13(2)25-12)16-7-17(23)20-19(8-16)30(4)28-22(20)26-15-5-14-11-29(3)27-21(14)18(24)6-15/h5-8,11-13,25H,9-10H2,1-4H3,(H,26,28)/t12-,13+. The summed E-state index contributed by atoms with van der Waals surface area (Å²) in [5.74, 6) is -0.443. The molecule has 7 nitrogen and oxygen atoms in total. The Labute approximate surface area is 178 Å². The molecule has 3 heterocycles. The van der Waals surface area contributed by atoms with Crippen molar-refractivity contribution in [1.82, 2.24) is 24.9 Å². The Morgan fingerprint density at radius 2 is 1.74 bits per heavy atom. The average Bonchev–Trinajstić information content (AvgIpc) is 3.21. The number of halogens is 2. The predicted octanol–water partition coefficient (Wildman–Crippen LogP) is 3.67. The van der Waals surface area contributed by atoms with E-state index in [1.165, 1.54) is 6.07 Å². The molecule has 2 atom stereocenters. The van der Waals surface area contributed by atoms with Gasteiger partial charge < -0.3 is 15.5 Å². The SMILES string of the molecule is C[C@@H]1CN(c2cc(F)c3c(Nc4cc(F)c5nn(C)cc5c4)nn(C)c3c2)C[C@H](C)N1. The van der Waals surface area contributed by atoms with E-state index in [4.69, 9.17) is 0 Å². The van der Waals surface area contributed by atoms with Crippen molar-refractivity contribution in [3.63, 3.8) is 0 Å². The number of hydrogen-bond acceptors (Lipinski definition) is 5. The third-order valence-electron chi connectivity index (χ3n) is 5.75. The summed E-state index contributed by atoms with van der Waals surface area (Å²) in [5.41, 5.74) is 2.31. The van der Waals surface area contributed by atoms with Gasteiger partial charge in [-0.1, -0.05) is 0 Å². The summed E-state index contributed by atoms with van der Waals surface area (Å²) in [5, 5.41) is 16.2. The highest BCUT2D eigenvalue weighted by Gasteiger charge is 2.24. The van der Waals surface area contributed by atoms with E-state index in [9.17, 15) is 4.39 Å². The Morgan fingerprint density at radius 1 is 1.00 bits per heavy atom. The third kappa shape index (κ3) is 3.48. The number of aryl methyl sites for hydroxylation is 2. The molecule has 1 aliphatic heterocycles. The van der Waals surface area contributed by atoms with Crippen molar-refractivity contribution in [3.8, 4) is 0 Å². The van der Waals surface area contributed by atoms with Crippen LogP contribution in [0.5, 0.6) is 0 Å². The smallest absolute Gasteiger partial charge is 0.163 e. The van der Waals surface area contributed by atoms with Gasteiger partial charge in [0.15, 0.2) is 11.6 Å². The molecule has 0 bridgehead atoms. The van der Waals surface area contributed by atoms with Crippen LogP contribution in [0.4, 0.5) is 26.0 Å². The van der Waals surface area contributed by atoms with Crippen LogP contribution in [0.2, 0.25) is 0 Å². The highest BCUT2D eigenvalue weighted by Crippen LogP contribution is 2.33. The normalized spacial score (nSPS) is 19.5. The molecule has 9 heteroatoms. The number of anilines is 3. The molecule has 31 heavy (non-hydrogen) atoms. The Morgan fingerprint density at radius 3 is 2.48 bits per heavy atom. The largest absolute Gasteiger partial charge is 0.368 e. The van der Waals surface area contributed by atoms with Crippen LogP contribution in [0.3, 0.4) is 0 Å². The van der Waals surface area contributed by atoms with Gasteiger partial charge in [0.1, 0.15) is 11.3 Å². The van der Waals surface area contributed by atoms with Crippen LogP contribution in [-0.4, -0.2) is 44.7 Å². The summed E-state index contributed by atoms with van der Waals surface area (Å²) in [7, 11) is 3.52. The van der Waals surface area contributed by atoms with Crippen molar-refractivity contribution in [1.29, 1.82) is 0 Å². The molecule has 0 unspecified atom stereocenters. The summed E-state index contributed by atoms with van der Waals surface area (Å²) >= 11 is 0. The van der Waals surface area contributed by atoms with Crippen molar-refractivity contribution in [2.45, 2.75) is 25.9 Å². The summed E-state index contributed by atoms with van der Waals surface area (Å²) in [6, 6.07) is 7.30. The van der Waals surface area contributed by atoms with Gasteiger partial charge in [-0.2, -0.15) is 10.2 Å². The van der Waals surface area contributed by atoms with Gasteiger partial charge in [0.2, 0.25) is 0 Å². The number of nitrogens with zero attached hydrogens (tertiary/aromatic N) is 5. The highest BCUT2D eigenvalue weighted by atomic mass is 19.1. The van der Waals surface area contributed by atoms with E-state index in [0.717, 1.165) is 18.8 Å². The van der Waals surface area contributed by atoms with Gasteiger partial charge in [-0.05, 0) is 38.1 Å². The Balaban J connectivity index is 1.53. The number of hydrogen-bond donors (Lipinski definition) is 2. The molecular formula is C22H25F2N7. The summed E-state index contributed by atoms with van der Waals surface area (Å²) in [6.07, 6.45) is 1.74. The van der Waals surface area contributed by atoms with Crippen molar-refractivity contribution in [2.24, 2.45) is 14.1 Å². The molecule has 0 radical (unpaired) electrons. The lowest BCUT2D eigenvalue weighted by atomic mass is 10.1. The first kappa shape index (κ1) is 19.7. The van der Waals surface area contributed by atoms with E-state index in [0.29, 0.717) is 45.4 Å². The van der Waals surface area contributed by atoms with Crippen molar-refractivity contribution in [3.05, 3.63) is 42.1 Å². The lowest BCUT2D eigenvalue weighted by Crippen LogP contribution is -2.54. The van der Waals surface area contributed by atoms with Crippen LogP contribution in [-0.2, 0) is 14.1 Å². The summed E-state index contributed by atoms with van der Waals surface area (Å²) < 4.78 is 33.0. The third-order valence-corrected chi connectivity index (χ3v) is 5.75. The van der Waals surface area contributed by atoms with E-state index in [2.05, 4.69) is 39.6 Å². The first-order valence-corrected chi connectivity index (χ1v) is 10.4. The molecule has 2 N–H and O–H groups in total. The zero-order valence-electron chi connectivity index (χ0n) is 17.9. The molecule has 4 aromatic rings. The predicted molar refractivity (Wildman–Crippen MR) is 119 cm³/mol. The number of rotatable bonds is 3. The van der Waals surface area contributed by atoms with Crippen LogP contribution in [0.1, 0.15) is 13.8 Å². The summed E-state index contributed by atoms with van der Waals surface area (Å²) in [4.78, 5) is 2.19. The van der Waals surface area contributed by atoms with E-state index in [1.54, 1.807) is 41.8 Å². The molecule has 162 valence electrons. The molecule has 5 rings (SSSR count). The molecule has 0 saturated carbocycles. The minimum absolute atomic E-state index is 0.300. The van der Waals surface area contributed by atoms with Crippen LogP contribution in [0.25, 0.3) is 21.8 Å². The molecule has 1 aliphatic rings. The van der Waals surface area contributed by atoms with Gasteiger partial charge in [0.05, 0.1) is 10.9 Å². The Bertz CT molecular complexity index is 1280. The fraction of sp³-hybridized carbons (Fsp3) is 0.364. The van der Waals surface area contributed by atoms with Crippen LogP contribution >= 0.6 is 0 Å². The fourth-order valence-electron chi connectivity index (χ4n) is 4.55. The fourth-order valence-corrected chi connectivity index (χ4v) is 4.55. The number of benzene rings is 2. The Kier molecular flexibility index (Phi) is 4.58. The number of piperazine rings is 1. The molecule has 0 spiro atoms. The monoisotopic (exact) mass is 425 g/mol. The average molecular weight is 425 g/mol. The second kappa shape index (κ2) is 7.19. The topological polar surface area (TPSA) is 62.9 Å². The minimum atomic E-state index is -0.439. The number of aromatic nitrogens is 4. The molecule has 1 saturated heterocycles. The van der Waals surface area contributed by atoms with E-state index < -0.39 is 5.82 Å². The first-order valence-electron chi connectivity index (χ1n) is 10.4. The van der Waals surface area contributed by atoms with Gasteiger partial charge in [-0.15, -0.1) is 0 Å². The maximum Gasteiger partial charge on any atom is 0.163 e. The lowest BCUT2D eigenvalue weighted by molar-refractivity contribution is 0.407. The van der Waals surface area contributed by atoms with E-state index in [-0.39, 0.29) is 5.82 Å². The summed E-state index contributed by atoms with van der Waals surface area (Å²) in [6.45, 7) is 5.87. The molecule has 1 fully saturated rings. The molecule has 0 aliphatic carbocycles. The second-order valence-electron chi connectivity index (χ2n) is 8.49. The van der Waals surface area contributed by atoms with Gasteiger partial charge in [0.25, 0.3) is 0 Å². The number of nitrogens with one attached hydrogen (secondary N) is 2. The molecular weight excluding hydrogens is 400 g/mol. The highest BCUT2D eigenvalue weighted by molar-refractivity contribution is 5.95. The molecule has 2 aromatic heterocycles. The lowest BCUT2D eigenvalue weighted by Gasteiger charge is -2.37. The maximum absolute atomic E-state index is 15.3. The quantitative estimate of drug-likeness (QED) is 0.525. The molecule has 0 amide bonds. The number of fused-ring (bicyclic) bond motifs is 2. The maximum atomic E-state index is 15.3. The minimum Gasteiger partial charge on any atom is -0.368 e. The van der Waals surface area contributed by atoms with Crippen molar-refractivity contribution < 1.29 is 8.78 Å². The van der Waals surface area contributed by atoms with Gasteiger partial charge in [-0.3, -0.25) is 9.36 Å². The second-order valence-corrected chi connectivity index (χ2v) is 8.49. The van der Waals surface area contributed by atoms with E-state index in [1.807, 2.05) is 6.07 Å². The van der Waals surface area contributed by atoms with Crippen LogP contribution in [0.15, 0.2) is 30.5 Å². The Hall–Kier alpha value is -3.20. The van der Waals surface area contributed by atoms with Gasteiger partial charge in [0, 0.05) is 62.2 Å². The molecule has 2 aromatic carbocycles. The van der Waals surface area contributed by atoms with Gasteiger partial charge in [-0.25, -0.2) is 8.78 Å². The van der Waals surface area contributed by atoms with E-state index >= 15 is 4.39 Å². The zero-order chi connectivity index (χ0) is 21.9. The van der Waals surface area contributed by atoms with Crippen molar-refractivity contribution >= 4 is 39.0 Å². The van der Waals surface area contributed by atoms with Crippen LogP contribution in [0, 0.1) is 11.6 Å². The zero-order valence-corrected chi connectivity index (χ0v) is 17.9. The van der Waals surface area contributed by atoms with Crippen LogP contribution < -0.4 is 15.5 Å².